The molecule has 0 amide bonds. The van der Waals surface area contributed by atoms with Gasteiger partial charge in [-0.25, -0.2) is 0 Å². The molecule has 0 saturated heterocycles. The van der Waals surface area contributed by atoms with E-state index in [1.54, 1.807) is 0 Å². The lowest BCUT2D eigenvalue weighted by Crippen LogP contribution is -2.16. The average Bonchev–Trinajstić information content (AvgIpc) is 2.54. The molecule has 4 heteroatoms. The van der Waals surface area contributed by atoms with E-state index in [0.717, 1.165) is 24.3 Å². The van der Waals surface area contributed by atoms with E-state index in [9.17, 15) is 0 Å². The molecule has 1 atom stereocenters. The Labute approximate surface area is 138 Å². The molecule has 3 nitrogen and oxygen atoms in total. The van der Waals surface area contributed by atoms with Crippen LogP contribution in [-0.2, 0) is 6.42 Å². The van der Waals surface area contributed by atoms with Crippen molar-refractivity contribution in [1.29, 1.82) is 0 Å². The first-order valence-electron chi connectivity index (χ1n) is 7.39. The van der Waals surface area contributed by atoms with Crippen molar-refractivity contribution in [3.05, 3.63) is 65.7 Å². The van der Waals surface area contributed by atoms with Crippen LogP contribution in [0.5, 0.6) is 5.75 Å². The smallest absolute Gasteiger partial charge is 0.125 e. The van der Waals surface area contributed by atoms with Gasteiger partial charge in [-0.3, -0.25) is 0 Å². The Morgan fingerprint density at radius 2 is 1.73 bits per heavy atom. The highest BCUT2D eigenvalue weighted by Crippen LogP contribution is 2.24. The van der Waals surface area contributed by atoms with Gasteiger partial charge < -0.3 is 15.2 Å². The summed E-state index contributed by atoms with van der Waals surface area (Å²) in [7, 11) is 1.95. The minimum absolute atomic E-state index is 0. The van der Waals surface area contributed by atoms with Crippen LogP contribution < -0.4 is 10.1 Å². The van der Waals surface area contributed by atoms with E-state index in [4.69, 9.17) is 9.84 Å². The zero-order valence-corrected chi connectivity index (χ0v) is 13.7. The van der Waals surface area contributed by atoms with Gasteiger partial charge in [0.15, 0.2) is 0 Å². The molecule has 0 aliphatic carbocycles. The van der Waals surface area contributed by atoms with Gasteiger partial charge in [-0.2, -0.15) is 0 Å². The summed E-state index contributed by atoms with van der Waals surface area (Å²) in [6.07, 6.45) is 1.64. The predicted molar refractivity (Wildman–Crippen MR) is 92.8 cm³/mol. The van der Waals surface area contributed by atoms with Gasteiger partial charge in [-0.15, -0.1) is 12.4 Å². The summed E-state index contributed by atoms with van der Waals surface area (Å²) in [5.74, 6) is 0.863. The SMILES string of the molecule is CNCC[C@@H](Oc1ccc(CCO)cc1)c1ccccc1.Cl. The molecule has 0 unspecified atom stereocenters. The molecular formula is C18H24ClNO2. The summed E-state index contributed by atoms with van der Waals surface area (Å²) in [6.45, 7) is 1.08. The fraction of sp³-hybridized carbons (Fsp3) is 0.333. The largest absolute Gasteiger partial charge is 0.486 e. The molecule has 120 valence electrons. The van der Waals surface area contributed by atoms with E-state index >= 15 is 0 Å². The molecule has 2 aromatic rings. The topological polar surface area (TPSA) is 41.5 Å². The van der Waals surface area contributed by atoms with Gasteiger partial charge in [-0.1, -0.05) is 42.5 Å². The fourth-order valence-corrected chi connectivity index (χ4v) is 2.26. The van der Waals surface area contributed by atoms with Gasteiger partial charge in [0.2, 0.25) is 0 Å². The van der Waals surface area contributed by atoms with Crippen molar-refractivity contribution in [3.8, 4) is 5.75 Å². The maximum Gasteiger partial charge on any atom is 0.125 e. The first-order chi connectivity index (χ1) is 10.3. The van der Waals surface area contributed by atoms with Gasteiger partial charge in [0.05, 0.1) is 0 Å². The maximum atomic E-state index is 8.94. The third-order valence-electron chi connectivity index (χ3n) is 3.43. The number of hydrogen-bond acceptors (Lipinski definition) is 3. The van der Waals surface area contributed by atoms with Crippen molar-refractivity contribution < 1.29 is 9.84 Å². The van der Waals surface area contributed by atoms with Crippen LogP contribution in [0.3, 0.4) is 0 Å². The number of hydrogen-bond donors (Lipinski definition) is 2. The monoisotopic (exact) mass is 321 g/mol. The summed E-state index contributed by atoms with van der Waals surface area (Å²) in [4.78, 5) is 0. The number of nitrogens with one attached hydrogen (secondary N) is 1. The molecule has 0 aromatic heterocycles. The van der Waals surface area contributed by atoms with Crippen molar-refractivity contribution in [1.82, 2.24) is 5.32 Å². The Balaban J connectivity index is 0.00000242. The van der Waals surface area contributed by atoms with Crippen LogP contribution >= 0.6 is 12.4 Å². The van der Waals surface area contributed by atoms with Crippen LogP contribution in [0.15, 0.2) is 54.6 Å². The summed E-state index contributed by atoms with van der Waals surface area (Å²) in [5, 5.41) is 12.1. The Morgan fingerprint density at radius 3 is 2.32 bits per heavy atom. The highest BCUT2D eigenvalue weighted by atomic mass is 35.5. The highest BCUT2D eigenvalue weighted by Gasteiger charge is 2.12. The Bertz CT molecular complexity index is 516. The van der Waals surface area contributed by atoms with Gasteiger partial charge in [0.25, 0.3) is 0 Å². The lowest BCUT2D eigenvalue weighted by Gasteiger charge is -2.20. The molecule has 0 fully saturated rings. The molecule has 2 aromatic carbocycles. The summed E-state index contributed by atoms with van der Waals surface area (Å²) in [5.41, 5.74) is 2.31. The lowest BCUT2D eigenvalue weighted by molar-refractivity contribution is 0.195. The summed E-state index contributed by atoms with van der Waals surface area (Å²) >= 11 is 0. The van der Waals surface area contributed by atoms with Crippen molar-refractivity contribution in [2.75, 3.05) is 20.2 Å². The van der Waals surface area contributed by atoms with Gasteiger partial charge >= 0.3 is 0 Å². The quantitative estimate of drug-likeness (QED) is 0.783. The Kier molecular flexibility index (Phi) is 8.60. The second-order valence-electron chi connectivity index (χ2n) is 5.03. The predicted octanol–water partition coefficient (Wildman–Crippen LogP) is 3.37. The minimum Gasteiger partial charge on any atom is -0.486 e. The van der Waals surface area contributed by atoms with Crippen LogP contribution in [0.25, 0.3) is 0 Å². The third kappa shape index (κ3) is 5.68. The van der Waals surface area contributed by atoms with Crippen LogP contribution in [-0.4, -0.2) is 25.3 Å². The standard InChI is InChI=1S/C18H23NO2.ClH/c1-19-13-11-18(16-5-3-2-4-6-16)21-17-9-7-15(8-10-17)12-14-20;/h2-10,18-20H,11-14H2,1H3;1H/t18-;/m1./s1. The second-order valence-corrected chi connectivity index (χ2v) is 5.03. The molecule has 0 heterocycles. The number of ether oxygens (including phenoxy) is 1. The zero-order chi connectivity index (χ0) is 14.9. The normalized spacial score (nSPS) is 11.5. The van der Waals surface area contributed by atoms with Crippen LogP contribution in [0.2, 0.25) is 0 Å². The maximum absolute atomic E-state index is 8.94. The molecule has 0 bridgehead atoms. The van der Waals surface area contributed by atoms with E-state index in [-0.39, 0.29) is 25.1 Å². The molecule has 0 aliphatic heterocycles. The van der Waals surface area contributed by atoms with Crippen LogP contribution in [0, 0.1) is 0 Å². The third-order valence-corrected chi connectivity index (χ3v) is 3.43. The van der Waals surface area contributed by atoms with Crippen molar-refractivity contribution in [3.63, 3.8) is 0 Å². The number of aliphatic hydroxyl groups excluding tert-OH is 1. The van der Waals surface area contributed by atoms with E-state index < -0.39 is 0 Å². The lowest BCUT2D eigenvalue weighted by atomic mass is 10.1. The number of benzene rings is 2. The highest BCUT2D eigenvalue weighted by molar-refractivity contribution is 5.85. The molecule has 0 spiro atoms. The number of aliphatic hydroxyl groups is 1. The van der Waals surface area contributed by atoms with Gasteiger partial charge in [-0.05, 0) is 43.3 Å². The van der Waals surface area contributed by atoms with Crippen molar-refractivity contribution in [2.45, 2.75) is 18.9 Å². The number of rotatable bonds is 8. The Hall–Kier alpha value is -1.55. The first-order valence-corrected chi connectivity index (χ1v) is 7.39. The van der Waals surface area contributed by atoms with Gasteiger partial charge in [0.1, 0.15) is 11.9 Å². The van der Waals surface area contributed by atoms with Crippen LogP contribution in [0.4, 0.5) is 0 Å². The molecule has 0 saturated carbocycles. The molecule has 2 rings (SSSR count). The minimum atomic E-state index is 0. The summed E-state index contributed by atoms with van der Waals surface area (Å²) in [6, 6.07) is 18.2. The first kappa shape index (κ1) is 18.5. The molecule has 22 heavy (non-hydrogen) atoms. The number of halogens is 1. The molecular weight excluding hydrogens is 298 g/mol. The average molecular weight is 322 g/mol. The van der Waals surface area contributed by atoms with Gasteiger partial charge in [0, 0.05) is 13.0 Å². The van der Waals surface area contributed by atoms with Crippen LogP contribution in [0.1, 0.15) is 23.7 Å². The van der Waals surface area contributed by atoms with Crippen molar-refractivity contribution >= 4 is 12.4 Å². The van der Waals surface area contributed by atoms with E-state index in [0.29, 0.717) is 6.42 Å². The van der Waals surface area contributed by atoms with Crippen molar-refractivity contribution in [2.24, 2.45) is 0 Å². The second kappa shape index (κ2) is 10.2. The van der Waals surface area contributed by atoms with E-state index in [1.807, 2.05) is 49.5 Å². The summed E-state index contributed by atoms with van der Waals surface area (Å²) < 4.78 is 6.13. The molecule has 0 aliphatic rings. The Morgan fingerprint density at radius 1 is 1.05 bits per heavy atom. The van der Waals surface area contributed by atoms with E-state index in [1.165, 1.54) is 5.56 Å². The van der Waals surface area contributed by atoms with E-state index in [2.05, 4.69) is 17.4 Å². The molecule has 0 radical (unpaired) electrons. The fourth-order valence-electron chi connectivity index (χ4n) is 2.26. The zero-order valence-electron chi connectivity index (χ0n) is 12.9. The molecule has 2 N–H and O–H groups in total.